The molecule has 0 spiro atoms. The summed E-state index contributed by atoms with van der Waals surface area (Å²) in [4.78, 5) is 10.7. The summed E-state index contributed by atoms with van der Waals surface area (Å²) in [6, 6.07) is 3.71. The number of aryl methyl sites for hydroxylation is 1. The molecule has 3 nitrogen and oxygen atoms in total. The van der Waals surface area contributed by atoms with Gasteiger partial charge in [-0.1, -0.05) is 15.9 Å². The summed E-state index contributed by atoms with van der Waals surface area (Å²) >= 11 is 3.35. The number of methoxy groups -OCH3 is 1. The van der Waals surface area contributed by atoms with E-state index < -0.39 is 5.97 Å². The Hall–Kier alpha value is -1.03. The fourth-order valence-corrected chi connectivity index (χ4v) is 2.00. The van der Waals surface area contributed by atoms with Gasteiger partial charge in [-0.2, -0.15) is 0 Å². The molecule has 0 radical (unpaired) electrons. The van der Waals surface area contributed by atoms with E-state index in [9.17, 15) is 4.79 Å². The van der Waals surface area contributed by atoms with Gasteiger partial charge in [-0.3, -0.25) is 4.79 Å². The molecule has 1 N–H and O–H groups in total. The molecule has 0 aliphatic carbocycles. The Balaban J connectivity index is 3.18. The molecule has 0 saturated carbocycles. The third-order valence-electron chi connectivity index (χ3n) is 2.25. The van der Waals surface area contributed by atoms with Crippen molar-refractivity contribution in [3.63, 3.8) is 0 Å². The minimum absolute atomic E-state index is 0.0523. The van der Waals surface area contributed by atoms with Gasteiger partial charge in [0.1, 0.15) is 5.75 Å². The molecule has 0 heterocycles. The lowest BCUT2D eigenvalue weighted by molar-refractivity contribution is -0.136. The van der Waals surface area contributed by atoms with Crippen molar-refractivity contribution in [3.8, 4) is 5.75 Å². The van der Waals surface area contributed by atoms with Gasteiger partial charge in [0, 0.05) is 5.33 Å². The number of alkyl halides is 1. The first-order chi connectivity index (χ1) is 7.08. The first kappa shape index (κ1) is 12.0. The van der Waals surface area contributed by atoms with Crippen LogP contribution in [0, 0.1) is 6.92 Å². The minimum Gasteiger partial charge on any atom is -0.497 e. The highest BCUT2D eigenvalue weighted by Gasteiger charge is 2.11. The van der Waals surface area contributed by atoms with Crippen LogP contribution in [0.3, 0.4) is 0 Å². The molecule has 0 fully saturated rings. The lowest BCUT2D eigenvalue weighted by atomic mass is 9.99. The number of carbonyl (C=O) groups is 1. The minimum atomic E-state index is -0.814. The summed E-state index contributed by atoms with van der Waals surface area (Å²) < 4.78 is 5.13. The second-order valence-corrected chi connectivity index (χ2v) is 3.85. The number of halogens is 1. The van der Waals surface area contributed by atoms with Gasteiger partial charge in [-0.05, 0) is 35.7 Å². The Morgan fingerprint density at radius 1 is 1.53 bits per heavy atom. The van der Waals surface area contributed by atoms with Crippen LogP contribution < -0.4 is 4.74 Å². The molecule has 0 unspecified atom stereocenters. The highest BCUT2D eigenvalue weighted by molar-refractivity contribution is 9.08. The van der Waals surface area contributed by atoms with Crippen LogP contribution in [0.5, 0.6) is 5.75 Å². The van der Waals surface area contributed by atoms with Gasteiger partial charge in [-0.25, -0.2) is 0 Å². The van der Waals surface area contributed by atoms with Crippen LogP contribution in [0.4, 0.5) is 0 Å². The molecule has 0 amide bonds. The summed E-state index contributed by atoms with van der Waals surface area (Å²) in [5, 5.41) is 9.42. The number of benzene rings is 1. The van der Waals surface area contributed by atoms with Crippen LogP contribution >= 0.6 is 15.9 Å². The largest absolute Gasteiger partial charge is 0.497 e. The van der Waals surface area contributed by atoms with Crippen molar-refractivity contribution in [1.29, 1.82) is 0 Å². The zero-order chi connectivity index (χ0) is 11.4. The number of rotatable bonds is 4. The van der Waals surface area contributed by atoms with Crippen molar-refractivity contribution in [3.05, 3.63) is 28.8 Å². The van der Waals surface area contributed by atoms with Crippen LogP contribution in [-0.4, -0.2) is 18.2 Å². The van der Waals surface area contributed by atoms with Gasteiger partial charge in [0.2, 0.25) is 0 Å². The SMILES string of the molecule is COc1cc(C)c(CC(=O)O)c(CBr)c1. The molecular formula is C11H13BrO3. The van der Waals surface area contributed by atoms with Crippen LogP contribution in [-0.2, 0) is 16.5 Å². The Morgan fingerprint density at radius 3 is 2.67 bits per heavy atom. The number of hydrogen-bond acceptors (Lipinski definition) is 2. The van der Waals surface area contributed by atoms with Gasteiger partial charge in [-0.15, -0.1) is 0 Å². The third kappa shape index (κ3) is 2.96. The quantitative estimate of drug-likeness (QED) is 0.857. The molecule has 4 heteroatoms. The van der Waals surface area contributed by atoms with E-state index >= 15 is 0 Å². The van der Waals surface area contributed by atoms with Crippen molar-refractivity contribution in [2.75, 3.05) is 7.11 Å². The Bertz CT molecular complexity index is 374. The highest BCUT2D eigenvalue weighted by Crippen LogP contribution is 2.24. The molecule has 0 saturated heterocycles. The molecule has 1 aromatic carbocycles. The smallest absolute Gasteiger partial charge is 0.307 e. The maximum Gasteiger partial charge on any atom is 0.307 e. The molecule has 0 aliphatic rings. The van der Waals surface area contributed by atoms with Crippen LogP contribution in [0.2, 0.25) is 0 Å². The zero-order valence-corrected chi connectivity index (χ0v) is 10.3. The molecule has 0 aromatic heterocycles. The normalized spacial score (nSPS) is 10.1. The number of carboxylic acids is 1. The summed E-state index contributed by atoms with van der Waals surface area (Å²) in [7, 11) is 1.60. The van der Waals surface area contributed by atoms with Crippen LogP contribution in [0.15, 0.2) is 12.1 Å². The van der Waals surface area contributed by atoms with Crippen molar-refractivity contribution >= 4 is 21.9 Å². The first-order valence-corrected chi connectivity index (χ1v) is 5.64. The molecule has 0 atom stereocenters. The monoisotopic (exact) mass is 272 g/mol. The summed E-state index contributed by atoms with van der Waals surface area (Å²) in [6.07, 6.45) is 0.0523. The van der Waals surface area contributed by atoms with Gasteiger partial charge in [0.05, 0.1) is 13.5 Å². The summed E-state index contributed by atoms with van der Waals surface area (Å²) in [5.74, 6) is -0.0541. The second-order valence-electron chi connectivity index (χ2n) is 3.29. The van der Waals surface area contributed by atoms with E-state index in [0.29, 0.717) is 5.33 Å². The predicted octanol–water partition coefficient (Wildman–Crippen LogP) is 2.53. The molecule has 1 rings (SSSR count). The Labute approximate surface area is 97.2 Å². The number of ether oxygens (including phenoxy) is 1. The molecule has 0 aliphatic heterocycles. The maximum absolute atomic E-state index is 10.7. The molecule has 82 valence electrons. The zero-order valence-electron chi connectivity index (χ0n) is 8.71. The number of aliphatic carboxylic acids is 1. The van der Waals surface area contributed by atoms with Crippen molar-refractivity contribution in [1.82, 2.24) is 0 Å². The molecular weight excluding hydrogens is 260 g/mol. The van der Waals surface area contributed by atoms with E-state index in [-0.39, 0.29) is 6.42 Å². The van der Waals surface area contributed by atoms with Crippen LogP contribution in [0.1, 0.15) is 16.7 Å². The predicted molar refractivity (Wildman–Crippen MR) is 61.7 cm³/mol. The van der Waals surface area contributed by atoms with E-state index in [0.717, 1.165) is 22.4 Å². The van der Waals surface area contributed by atoms with E-state index in [4.69, 9.17) is 9.84 Å². The van der Waals surface area contributed by atoms with Gasteiger partial charge in [0.15, 0.2) is 0 Å². The summed E-state index contributed by atoms with van der Waals surface area (Å²) in [6.45, 7) is 1.90. The molecule has 15 heavy (non-hydrogen) atoms. The van der Waals surface area contributed by atoms with Crippen molar-refractivity contribution in [2.45, 2.75) is 18.7 Å². The third-order valence-corrected chi connectivity index (χ3v) is 2.85. The average molecular weight is 273 g/mol. The second kappa shape index (κ2) is 5.16. The Morgan fingerprint density at radius 2 is 2.20 bits per heavy atom. The summed E-state index contributed by atoms with van der Waals surface area (Å²) in [5.41, 5.74) is 2.78. The fraction of sp³-hybridized carbons (Fsp3) is 0.364. The van der Waals surface area contributed by atoms with Crippen molar-refractivity contribution < 1.29 is 14.6 Å². The van der Waals surface area contributed by atoms with Crippen molar-refractivity contribution in [2.24, 2.45) is 0 Å². The maximum atomic E-state index is 10.7. The van der Waals surface area contributed by atoms with Gasteiger partial charge in [0.25, 0.3) is 0 Å². The van der Waals surface area contributed by atoms with E-state index in [2.05, 4.69) is 15.9 Å². The van der Waals surface area contributed by atoms with Gasteiger partial charge < -0.3 is 9.84 Å². The number of hydrogen-bond donors (Lipinski definition) is 1. The van der Waals surface area contributed by atoms with Crippen LogP contribution in [0.25, 0.3) is 0 Å². The lowest BCUT2D eigenvalue weighted by Gasteiger charge is -2.11. The average Bonchev–Trinajstić information content (AvgIpc) is 2.20. The van der Waals surface area contributed by atoms with E-state index in [1.54, 1.807) is 7.11 Å². The highest BCUT2D eigenvalue weighted by atomic mass is 79.9. The Kier molecular flexibility index (Phi) is 4.15. The first-order valence-electron chi connectivity index (χ1n) is 4.52. The number of carboxylic acid groups (broad SMARTS) is 1. The molecule has 1 aromatic rings. The lowest BCUT2D eigenvalue weighted by Crippen LogP contribution is -2.05. The topological polar surface area (TPSA) is 46.5 Å². The van der Waals surface area contributed by atoms with Gasteiger partial charge >= 0.3 is 5.97 Å². The van der Waals surface area contributed by atoms with E-state index in [1.807, 2.05) is 19.1 Å². The standard InChI is InChI=1S/C11H13BrO3/c1-7-3-9(15-2)4-8(6-12)10(7)5-11(13)14/h3-4H,5-6H2,1-2H3,(H,13,14). The fourth-order valence-electron chi connectivity index (χ4n) is 1.50. The van der Waals surface area contributed by atoms with E-state index in [1.165, 1.54) is 0 Å². The molecule has 0 bridgehead atoms.